The van der Waals surface area contributed by atoms with E-state index in [1.54, 1.807) is 0 Å². The highest BCUT2D eigenvalue weighted by atomic mass is 16.6. The molecule has 0 aromatic heterocycles. The fourth-order valence-electron chi connectivity index (χ4n) is 6.90. The topological polar surface area (TPSA) is 267 Å². The van der Waals surface area contributed by atoms with Gasteiger partial charge < -0.3 is 59.8 Å². The van der Waals surface area contributed by atoms with E-state index in [4.69, 9.17) is 18.9 Å². The number of benzene rings is 3. The van der Waals surface area contributed by atoms with Crippen LogP contribution < -0.4 is 0 Å². The number of carbonyl (C=O) groups is 4. The first-order valence-electron chi connectivity index (χ1n) is 16.5. The summed E-state index contributed by atoms with van der Waals surface area (Å²) < 4.78 is 20.6. The van der Waals surface area contributed by atoms with Gasteiger partial charge in [0.2, 0.25) is 12.2 Å². The van der Waals surface area contributed by atoms with Crippen molar-refractivity contribution < 1.29 is 79.0 Å². The van der Waals surface area contributed by atoms with Crippen LogP contribution in [0.2, 0.25) is 0 Å². The molecule has 8 atom stereocenters. The third-order valence-electron chi connectivity index (χ3n) is 9.51. The number of ether oxygens (including phenoxy) is 4. The summed E-state index contributed by atoms with van der Waals surface area (Å²) in [5.74, 6) is -11.5. The Labute approximate surface area is 307 Å². The Morgan fingerprint density at radius 3 is 1.65 bits per heavy atom. The lowest BCUT2D eigenvalue weighted by atomic mass is 9.55. The zero-order chi connectivity index (χ0) is 39.4. The number of aromatic hydroxyl groups is 6. The van der Waals surface area contributed by atoms with Gasteiger partial charge in [-0.1, -0.05) is 30.4 Å². The van der Waals surface area contributed by atoms with Gasteiger partial charge >= 0.3 is 23.9 Å². The van der Waals surface area contributed by atoms with Crippen molar-refractivity contribution in [3.05, 3.63) is 95.1 Å². The predicted molar refractivity (Wildman–Crippen MR) is 183 cm³/mol. The summed E-state index contributed by atoms with van der Waals surface area (Å²) in [5, 5.41) is 81.9. The molecule has 3 unspecified atom stereocenters. The van der Waals surface area contributed by atoms with Crippen LogP contribution in [-0.4, -0.2) is 103 Å². The van der Waals surface area contributed by atoms with Crippen molar-refractivity contribution in [3.63, 3.8) is 0 Å². The molecule has 0 amide bonds. The molecule has 16 heteroatoms. The molecule has 3 aromatic rings. The average Bonchev–Trinajstić information content (AvgIpc) is 3.14. The van der Waals surface area contributed by atoms with E-state index >= 15 is 0 Å². The standard InChI is InChI=1S/C38H38O16/c1-51-36(48)28(13-17-3-7-22(39)25(42)11-17)53-30(45)10-6-19-15-21-31(20-5-9-24(41)27(44)16-20)33(32(19)35(47)34(21)46)38(50)54-29(37(49)52-2)14-18-4-8-23(40)26(43)12-18/h3-12,15-16,21,28-29,31-35,39-44,46-47H,13-14H2,1-2H3/b10-6+/t21?,28?,29?,31-,32-,33+,34-,35+/m1/s1. The number of allylic oxidation sites excluding steroid dienone is 1. The average molecular weight is 751 g/mol. The fraction of sp³-hybridized carbons (Fsp3) is 0.316. The molecular formula is C38H38O16. The summed E-state index contributed by atoms with van der Waals surface area (Å²) in [4.78, 5) is 52.6. The van der Waals surface area contributed by atoms with Gasteiger partial charge in [-0.3, -0.25) is 4.79 Å². The van der Waals surface area contributed by atoms with Crippen molar-refractivity contribution >= 4 is 23.9 Å². The van der Waals surface area contributed by atoms with Crippen LogP contribution in [0.1, 0.15) is 22.6 Å². The highest BCUT2D eigenvalue weighted by Crippen LogP contribution is 2.54. The van der Waals surface area contributed by atoms with Crippen LogP contribution in [0, 0.1) is 17.8 Å². The van der Waals surface area contributed by atoms with E-state index < -0.39 is 106 Å². The molecule has 1 saturated carbocycles. The molecular weight excluding hydrogens is 712 g/mol. The molecule has 54 heavy (non-hydrogen) atoms. The highest BCUT2D eigenvalue weighted by molar-refractivity contribution is 5.87. The Hall–Kier alpha value is -6.26. The molecule has 0 radical (unpaired) electrons. The lowest BCUT2D eigenvalue weighted by molar-refractivity contribution is -0.177. The van der Waals surface area contributed by atoms with E-state index in [1.807, 2.05) is 0 Å². The second kappa shape index (κ2) is 16.2. The molecule has 8 N–H and O–H groups in total. The zero-order valence-corrected chi connectivity index (χ0v) is 28.8. The van der Waals surface area contributed by atoms with Crippen molar-refractivity contribution in [1.82, 2.24) is 0 Å². The quantitative estimate of drug-likeness (QED) is 0.0567. The SMILES string of the molecule is COC(=O)C(Cc1ccc(O)c(O)c1)OC(=O)/C=C/C1=CC2[C@@H](O)[C@@H](O)[C@H]1[C@@H](C(=O)OC(Cc1ccc(O)c(O)c1)C(=O)OC)[C@@H]2c1ccc(O)c(O)c1. The van der Waals surface area contributed by atoms with E-state index in [-0.39, 0.29) is 29.5 Å². The van der Waals surface area contributed by atoms with E-state index in [0.717, 1.165) is 26.4 Å². The second-order valence-electron chi connectivity index (χ2n) is 12.8. The Morgan fingerprint density at radius 1 is 0.648 bits per heavy atom. The lowest BCUT2D eigenvalue weighted by Gasteiger charge is -2.51. The number of esters is 4. The molecule has 286 valence electrons. The lowest BCUT2D eigenvalue weighted by Crippen LogP contribution is -2.57. The molecule has 2 bridgehead atoms. The number of carbonyl (C=O) groups excluding carboxylic acids is 4. The summed E-state index contributed by atoms with van der Waals surface area (Å²) >= 11 is 0. The first kappa shape index (κ1) is 39.0. The van der Waals surface area contributed by atoms with Crippen molar-refractivity contribution in [1.29, 1.82) is 0 Å². The normalized spacial score (nSPS) is 22.9. The van der Waals surface area contributed by atoms with Crippen molar-refractivity contribution in [2.24, 2.45) is 17.8 Å². The zero-order valence-electron chi connectivity index (χ0n) is 28.8. The maximum absolute atomic E-state index is 14.2. The van der Waals surface area contributed by atoms with Gasteiger partial charge in [0.15, 0.2) is 34.5 Å². The monoisotopic (exact) mass is 750 g/mol. The summed E-state index contributed by atoms with van der Waals surface area (Å²) in [7, 11) is 2.14. The number of phenols is 6. The minimum Gasteiger partial charge on any atom is -0.504 e. The van der Waals surface area contributed by atoms with Gasteiger partial charge in [-0.15, -0.1) is 0 Å². The number of aliphatic hydroxyl groups excluding tert-OH is 2. The first-order chi connectivity index (χ1) is 25.6. The number of hydrogen-bond donors (Lipinski definition) is 8. The molecule has 0 heterocycles. The molecule has 3 aliphatic rings. The number of methoxy groups -OCH3 is 2. The van der Waals surface area contributed by atoms with Crippen LogP contribution >= 0.6 is 0 Å². The van der Waals surface area contributed by atoms with Gasteiger partial charge in [0, 0.05) is 36.7 Å². The molecule has 1 fully saturated rings. The third-order valence-corrected chi connectivity index (χ3v) is 9.51. The molecule has 0 spiro atoms. The largest absolute Gasteiger partial charge is 0.504 e. The number of aliphatic hydroxyl groups is 2. The minimum atomic E-state index is -1.62. The van der Waals surface area contributed by atoms with Gasteiger partial charge in [-0.05, 0) is 58.7 Å². The van der Waals surface area contributed by atoms with Crippen LogP contribution in [0.5, 0.6) is 34.5 Å². The van der Waals surface area contributed by atoms with Crippen LogP contribution in [0.4, 0.5) is 0 Å². The molecule has 16 nitrogen and oxygen atoms in total. The van der Waals surface area contributed by atoms with Crippen molar-refractivity contribution in [2.75, 3.05) is 14.2 Å². The van der Waals surface area contributed by atoms with E-state index in [1.165, 1.54) is 60.7 Å². The number of rotatable bonds is 12. The number of phenolic OH excluding ortho intramolecular Hbond substituents is 6. The second-order valence-corrected chi connectivity index (χ2v) is 12.8. The van der Waals surface area contributed by atoms with Gasteiger partial charge in [0.05, 0.1) is 32.3 Å². The van der Waals surface area contributed by atoms with E-state index in [0.29, 0.717) is 5.56 Å². The summed E-state index contributed by atoms with van der Waals surface area (Å²) in [6.07, 6.45) is -3.05. The Kier molecular flexibility index (Phi) is 11.7. The van der Waals surface area contributed by atoms with Crippen LogP contribution in [0.25, 0.3) is 0 Å². The van der Waals surface area contributed by atoms with Crippen molar-refractivity contribution in [3.8, 4) is 34.5 Å². The fourth-order valence-corrected chi connectivity index (χ4v) is 6.90. The molecule has 0 aliphatic heterocycles. The molecule has 3 aromatic carbocycles. The molecule has 3 aliphatic carbocycles. The summed E-state index contributed by atoms with van der Waals surface area (Å²) in [6.45, 7) is 0. The molecule has 0 saturated heterocycles. The van der Waals surface area contributed by atoms with Crippen LogP contribution in [0.15, 0.2) is 78.4 Å². The highest BCUT2D eigenvalue weighted by Gasteiger charge is 2.57. The van der Waals surface area contributed by atoms with Gasteiger partial charge in [-0.25, -0.2) is 14.4 Å². The third kappa shape index (κ3) is 8.19. The maximum atomic E-state index is 14.2. The number of hydrogen-bond acceptors (Lipinski definition) is 16. The van der Waals surface area contributed by atoms with Crippen molar-refractivity contribution in [2.45, 2.75) is 43.2 Å². The van der Waals surface area contributed by atoms with Gasteiger partial charge in [0.1, 0.15) is 0 Å². The van der Waals surface area contributed by atoms with Gasteiger partial charge in [0.25, 0.3) is 0 Å². The number of fused-ring (bicyclic) bond motifs is 2. The minimum absolute atomic E-state index is 0.173. The van der Waals surface area contributed by atoms with Crippen LogP contribution in [0.3, 0.4) is 0 Å². The Morgan fingerprint density at radius 2 is 1.15 bits per heavy atom. The Bertz CT molecular complexity index is 1990. The summed E-state index contributed by atoms with van der Waals surface area (Å²) in [6, 6.07) is 11.2. The molecule has 6 rings (SSSR count). The van der Waals surface area contributed by atoms with E-state index in [2.05, 4.69) is 0 Å². The van der Waals surface area contributed by atoms with Gasteiger partial charge in [-0.2, -0.15) is 0 Å². The maximum Gasteiger partial charge on any atom is 0.347 e. The first-order valence-corrected chi connectivity index (χ1v) is 16.5. The summed E-state index contributed by atoms with van der Waals surface area (Å²) in [5.41, 5.74) is 1.03. The smallest absolute Gasteiger partial charge is 0.347 e. The Balaban J connectivity index is 1.47. The predicted octanol–water partition coefficient (Wildman–Crippen LogP) is 1.74. The van der Waals surface area contributed by atoms with Crippen LogP contribution in [-0.2, 0) is 51.0 Å². The van der Waals surface area contributed by atoms with E-state index in [9.17, 15) is 60.0 Å².